The number of imide groups is 1. The molecule has 0 spiro atoms. The normalized spacial score (nSPS) is 19.3. The van der Waals surface area contributed by atoms with E-state index in [0.717, 1.165) is 19.4 Å². The Kier molecular flexibility index (Phi) is 7.29. The van der Waals surface area contributed by atoms with Crippen LogP contribution in [0.5, 0.6) is 0 Å². The maximum atomic E-state index is 12.8. The Morgan fingerprint density at radius 2 is 1.26 bits per heavy atom. The Morgan fingerprint density at radius 1 is 0.674 bits per heavy atom. The van der Waals surface area contributed by atoms with Gasteiger partial charge in [-0.2, -0.15) is 4.58 Å². The highest BCUT2D eigenvalue weighted by molar-refractivity contribution is 6.21. The van der Waals surface area contributed by atoms with Gasteiger partial charge in [-0.1, -0.05) is 80.6 Å². The summed E-state index contributed by atoms with van der Waals surface area (Å²) < 4.78 is 2.29. The lowest BCUT2D eigenvalue weighted by atomic mass is 9.81. The summed E-state index contributed by atoms with van der Waals surface area (Å²) in [6, 6.07) is 24.3. The second-order valence-corrected chi connectivity index (χ2v) is 12.7. The van der Waals surface area contributed by atoms with Crippen LogP contribution in [-0.4, -0.2) is 47.1 Å². The fourth-order valence-corrected chi connectivity index (χ4v) is 7.02. The molecule has 6 rings (SSSR count). The fraction of sp³-hybridized carbons (Fsp3) is 0.289. The van der Waals surface area contributed by atoms with Crippen molar-refractivity contribution in [2.75, 3.05) is 25.0 Å². The van der Waals surface area contributed by atoms with E-state index in [2.05, 4.69) is 123 Å². The molecule has 43 heavy (non-hydrogen) atoms. The molecule has 5 nitrogen and oxygen atoms in total. The molecule has 2 amide bonds. The van der Waals surface area contributed by atoms with Gasteiger partial charge in [-0.15, -0.1) is 0 Å². The molecule has 0 saturated heterocycles. The summed E-state index contributed by atoms with van der Waals surface area (Å²) in [5, 5.41) is 0. The van der Waals surface area contributed by atoms with Gasteiger partial charge in [0.25, 0.3) is 11.8 Å². The Balaban J connectivity index is 1.16. The van der Waals surface area contributed by atoms with E-state index in [9.17, 15) is 9.59 Å². The number of hydrogen-bond donors (Lipinski definition) is 0. The van der Waals surface area contributed by atoms with Crippen LogP contribution < -0.4 is 4.90 Å². The van der Waals surface area contributed by atoms with Gasteiger partial charge in [0, 0.05) is 47.6 Å². The van der Waals surface area contributed by atoms with E-state index >= 15 is 0 Å². The highest BCUT2D eigenvalue weighted by atomic mass is 16.2. The lowest BCUT2D eigenvalue weighted by Gasteiger charge is -2.27. The quantitative estimate of drug-likeness (QED) is 0.121. The molecule has 0 atom stereocenters. The standard InChI is InChI=1S/C38H40N3O2/c1-37(2)29-19-11-13-21-31(29)39(5)33(37)23-7-6-8-24-34-38(3,4)30-20-12-14-22-32(30)40(34)25-15-16-26-41-35(42)27-17-9-10-18-28(27)36(41)43/h6-14,17-24H,15-16,25-26H2,1-5H3/q+1. The topological polar surface area (TPSA) is 43.6 Å². The average Bonchev–Trinajstić information content (AvgIpc) is 3.46. The number of rotatable bonds is 8. The van der Waals surface area contributed by atoms with Crippen molar-refractivity contribution >= 4 is 28.9 Å². The van der Waals surface area contributed by atoms with Crippen molar-refractivity contribution in [3.05, 3.63) is 131 Å². The fourth-order valence-electron chi connectivity index (χ4n) is 7.02. The van der Waals surface area contributed by atoms with Crippen molar-refractivity contribution in [2.45, 2.75) is 51.4 Å². The Hall–Kier alpha value is -4.51. The zero-order valence-electron chi connectivity index (χ0n) is 25.8. The number of unbranched alkanes of at least 4 members (excludes halogenated alkanes) is 1. The summed E-state index contributed by atoms with van der Waals surface area (Å²) in [6.07, 6.45) is 12.5. The van der Waals surface area contributed by atoms with E-state index in [-0.39, 0.29) is 22.6 Å². The van der Waals surface area contributed by atoms with Gasteiger partial charge in [-0.3, -0.25) is 14.5 Å². The first-order chi connectivity index (χ1) is 20.6. The van der Waals surface area contributed by atoms with Crippen molar-refractivity contribution in [1.82, 2.24) is 4.90 Å². The van der Waals surface area contributed by atoms with Gasteiger partial charge in [0.1, 0.15) is 7.05 Å². The maximum Gasteiger partial charge on any atom is 0.261 e. The van der Waals surface area contributed by atoms with E-state index in [4.69, 9.17) is 0 Å². The summed E-state index contributed by atoms with van der Waals surface area (Å²) in [5.74, 6) is -0.359. The predicted molar refractivity (Wildman–Crippen MR) is 175 cm³/mol. The number of nitrogens with zero attached hydrogens (tertiary/aromatic N) is 3. The number of anilines is 1. The van der Waals surface area contributed by atoms with E-state index < -0.39 is 0 Å². The highest BCUT2D eigenvalue weighted by Crippen LogP contribution is 2.47. The molecule has 0 bridgehead atoms. The van der Waals surface area contributed by atoms with E-state index in [1.807, 2.05) is 12.1 Å². The van der Waals surface area contributed by atoms with Gasteiger partial charge >= 0.3 is 0 Å². The Labute approximate surface area is 255 Å². The zero-order chi connectivity index (χ0) is 30.4. The molecule has 0 aromatic heterocycles. The average molecular weight is 571 g/mol. The molecule has 0 unspecified atom stereocenters. The number of para-hydroxylation sites is 2. The molecule has 3 aromatic carbocycles. The van der Waals surface area contributed by atoms with Crippen LogP contribution in [0.2, 0.25) is 0 Å². The molecule has 3 aromatic rings. The van der Waals surface area contributed by atoms with Gasteiger partial charge in [-0.05, 0) is 56.5 Å². The summed E-state index contributed by atoms with van der Waals surface area (Å²) in [6.45, 7) is 10.4. The first-order valence-corrected chi connectivity index (χ1v) is 15.2. The lowest BCUT2D eigenvalue weighted by Crippen LogP contribution is -2.32. The first kappa shape index (κ1) is 28.6. The minimum absolute atomic E-state index is 0.0485. The van der Waals surface area contributed by atoms with Crippen LogP contribution in [0, 0.1) is 0 Å². The van der Waals surface area contributed by atoms with Crippen LogP contribution in [-0.2, 0) is 10.8 Å². The van der Waals surface area contributed by atoms with Crippen molar-refractivity contribution in [2.24, 2.45) is 0 Å². The van der Waals surface area contributed by atoms with Crippen LogP contribution >= 0.6 is 0 Å². The third kappa shape index (κ3) is 4.77. The number of fused-ring (bicyclic) bond motifs is 3. The third-order valence-corrected chi connectivity index (χ3v) is 9.36. The van der Waals surface area contributed by atoms with Crippen LogP contribution in [0.1, 0.15) is 72.4 Å². The molecule has 0 fully saturated rings. The van der Waals surface area contributed by atoms with Crippen LogP contribution in [0.25, 0.3) is 0 Å². The molecule has 0 radical (unpaired) electrons. The number of carbonyl (C=O) groups is 2. The van der Waals surface area contributed by atoms with Crippen LogP contribution in [0.15, 0.2) is 109 Å². The number of allylic oxidation sites excluding steroid dienone is 6. The van der Waals surface area contributed by atoms with Crippen LogP contribution in [0.3, 0.4) is 0 Å². The zero-order valence-corrected chi connectivity index (χ0v) is 25.8. The van der Waals surface area contributed by atoms with Crippen molar-refractivity contribution < 1.29 is 14.2 Å². The summed E-state index contributed by atoms with van der Waals surface area (Å²) >= 11 is 0. The Bertz CT molecular complexity index is 1700. The largest absolute Gasteiger partial charge is 0.344 e. The van der Waals surface area contributed by atoms with E-state index in [1.54, 1.807) is 12.1 Å². The minimum Gasteiger partial charge on any atom is -0.344 e. The molecule has 218 valence electrons. The monoisotopic (exact) mass is 570 g/mol. The molecule has 3 aliphatic heterocycles. The minimum atomic E-state index is -0.179. The van der Waals surface area contributed by atoms with Crippen molar-refractivity contribution in [3.63, 3.8) is 0 Å². The maximum absolute atomic E-state index is 12.8. The van der Waals surface area contributed by atoms with E-state index in [1.165, 1.54) is 38.8 Å². The van der Waals surface area contributed by atoms with Gasteiger partial charge in [0.05, 0.1) is 16.5 Å². The molecule has 3 heterocycles. The SMILES string of the molecule is C[N+]1=C(/C=C/C=C/C=C2/N(CCCCN3C(=O)c4ccccc4C3=O)c3ccccc3C2(C)C)C(C)(C)c2ccccc21. The second kappa shape index (κ2) is 11.0. The molecule has 3 aliphatic rings. The number of amides is 2. The second-order valence-electron chi connectivity index (χ2n) is 12.7. The van der Waals surface area contributed by atoms with Gasteiger partial charge in [0.2, 0.25) is 5.69 Å². The van der Waals surface area contributed by atoms with Crippen molar-refractivity contribution in [3.8, 4) is 0 Å². The molecule has 0 saturated carbocycles. The highest BCUT2D eigenvalue weighted by Gasteiger charge is 2.42. The Morgan fingerprint density at radius 3 is 1.93 bits per heavy atom. The molecule has 5 heteroatoms. The van der Waals surface area contributed by atoms with E-state index in [0.29, 0.717) is 17.7 Å². The number of benzene rings is 3. The molecular formula is C38H40N3O2+. The van der Waals surface area contributed by atoms with Crippen LogP contribution in [0.4, 0.5) is 11.4 Å². The number of carbonyl (C=O) groups excluding carboxylic acids is 2. The van der Waals surface area contributed by atoms with Crippen molar-refractivity contribution in [1.29, 1.82) is 0 Å². The lowest BCUT2D eigenvalue weighted by molar-refractivity contribution is -0.401. The number of hydrogen-bond acceptors (Lipinski definition) is 3. The summed E-state index contributed by atoms with van der Waals surface area (Å²) in [4.78, 5) is 29.4. The van der Waals surface area contributed by atoms with Gasteiger partial charge in [0.15, 0.2) is 5.71 Å². The predicted octanol–water partition coefficient (Wildman–Crippen LogP) is 7.56. The summed E-state index contributed by atoms with van der Waals surface area (Å²) in [7, 11) is 2.14. The van der Waals surface area contributed by atoms with Gasteiger partial charge < -0.3 is 4.90 Å². The third-order valence-electron chi connectivity index (χ3n) is 9.36. The first-order valence-electron chi connectivity index (χ1n) is 15.2. The smallest absolute Gasteiger partial charge is 0.261 e. The molecule has 0 aliphatic carbocycles. The summed E-state index contributed by atoms with van der Waals surface area (Å²) in [5.41, 5.74) is 8.52. The molecular weight excluding hydrogens is 530 g/mol. The van der Waals surface area contributed by atoms with Gasteiger partial charge in [-0.25, -0.2) is 0 Å². The molecule has 0 N–H and O–H groups in total.